The van der Waals surface area contributed by atoms with E-state index < -0.39 is 0 Å². The van der Waals surface area contributed by atoms with Crippen LogP contribution in [0.5, 0.6) is 0 Å². The summed E-state index contributed by atoms with van der Waals surface area (Å²) in [5.41, 5.74) is 24.1. The van der Waals surface area contributed by atoms with Gasteiger partial charge in [0.25, 0.3) is 0 Å². The van der Waals surface area contributed by atoms with Gasteiger partial charge in [0.1, 0.15) is 0 Å². The molecular formula is C67H60N4. The molecule has 14 rings (SSSR count). The van der Waals surface area contributed by atoms with Crippen molar-refractivity contribution in [2.24, 2.45) is 0 Å². The Bertz CT molecular complexity index is 4400. The molecule has 0 radical (unpaired) electrons. The maximum Gasteiger partial charge on any atom is 0.0995 e. The molecule has 0 amide bonds. The number of aryl methyl sites for hydroxylation is 2. The summed E-state index contributed by atoms with van der Waals surface area (Å²) in [6, 6.07) is 44.2. The van der Waals surface area contributed by atoms with Crippen molar-refractivity contribution in [1.82, 2.24) is 13.8 Å². The fraction of sp³-hybridized carbons (Fsp3) is 0.284. The van der Waals surface area contributed by atoms with Gasteiger partial charge in [0.2, 0.25) is 0 Å². The van der Waals surface area contributed by atoms with E-state index in [2.05, 4.69) is 220 Å². The van der Waals surface area contributed by atoms with E-state index in [1.807, 2.05) is 0 Å². The number of pyridine rings is 1. The molecule has 0 aliphatic heterocycles. The van der Waals surface area contributed by atoms with Crippen LogP contribution < -0.4 is 0 Å². The first-order chi connectivity index (χ1) is 33.8. The summed E-state index contributed by atoms with van der Waals surface area (Å²) >= 11 is 0. The number of nitriles is 1. The molecule has 0 bridgehead atoms. The minimum absolute atomic E-state index is 0.0343. The normalized spacial score (nSPS) is 17.6. The lowest BCUT2D eigenvalue weighted by Crippen LogP contribution is -2.37. The maximum atomic E-state index is 11.4. The van der Waals surface area contributed by atoms with Gasteiger partial charge in [0, 0.05) is 65.8 Å². The van der Waals surface area contributed by atoms with Gasteiger partial charge in [-0.15, -0.1) is 0 Å². The average Bonchev–Trinajstić information content (AvgIpc) is 4.08. The Morgan fingerprint density at radius 2 is 1.04 bits per heavy atom. The van der Waals surface area contributed by atoms with Crippen LogP contribution in [0.2, 0.25) is 0 Å². The van der Waals surface area contributed by atoms with Gasteiger partial charge in [-0.05, 0) is 122 Å². The summed E-state index contributed by atoms with van der Waals surface area (Å²) in [5, 5.41) is 21.7. The van der Waals surface area contributed by atoms with E-state index in [0.717, 1.165) is 16.6 Å². The Kier molecular flexibility index (Phi) is 8.04. The number of hydrogen-bond donors (Lipinski definition) is 0. The van der Waals surface area contributed by atoms with Gasteiger partial charge in [0.15, 0.2) is 0 Å². The molecule has 5 aromatic heterocycles. The summed E-state index contributed by atoms with van der Waals surface area (Å²) < 4.78 is 5.21. The second-order valence-corrected chi connectivity index (χ2v) is 24.7. The zero-order valence-corrected chi connectivity index (χ0v) is 43.4. The quantitative estimate of drug-likeness (QED) is 0.165. The van der Waals surface area contributed by atoms with Crippen molar-refractivity contribution < 1.29 is 0 Å². The first-order valence-electron chi connectivity index (χ1n) is 25.8. The lowest BCUT2D eigenvalue weighted by molar-refractivity contribution is 0.510. The van der Waals surface area contributed by atoms with E-state index in [1.54, 1.807) is 0 Å². The third-order valence-corrected chi connectivity index (χ3v) is 18.0. The molecule has 0 spiro atoms. The van der Waals surface area contributed by atoms with Gasteiger partial charge in [-0.3, -0.25) is 4.98 Å². The Morgan fingerprint density at radius 1 is 0.549 bits per heavy atom. The Labute approximate surface area is 416 Å². The second kappa shape index (κ2) is 13.4. The molecule has 0 fully saturated rings. The summed E-state index contributed by atoms with van der Waals surface area (Å²) in [6.07, 6.45) is 2.21. The smallest absolute Gasteiger partial charge is 0.0995 e. The van der Waals surface area contributed by atoms with Crippen LogP contribution in [0.4, 0.5) is 0 Å². The van der Waals surface area contributed by atoms with Crippen LogP contribution in [0.3, 0.4) is 0 Å². The molecule has 4 nitrogen and oxygen atoms in total. The Balaban J connectivity index is 1.21. The van der Waals surface area contributed by atoms with Crippen LogP contribution in [-0.4, -0.2) is 13.8 Å². The number of aromatic nitrogens is 3. The van der Waals surface area contributed by atoms with Crippen molar-refractivity contribution in [2.75, 3.05) is 0 Å². The number of hydrogen-bond acceptors (Lipinski definition) is 2. The molecule has 0 saturated carbocycles. The topological polar surface area (TPSA) is 45.5 Å². The van der Waals surface area contributed by atoms with Gasteiger partial charge in [-0.2, -0.15) is 5.26 Å². The highest BCUT2D eigenvalue weighted by atomic mass is 15.0. The highest BCUT2D eigenvalue weighted by molar-refractivity contribution is 6.32. The zero-order valence-electron chi connectivity index (χ0n) is 43.4. The van der Waals surface area contributed by atoms with E-state index in [4.69, 9.17) is 4.98 Å². The predicted octanol–water partition coefficient (Wildman–Crippen LogP) is 17.1. The van der Waals surface area contributed by atoms with Gasteiger partial charge in [-0.1, -0.05) is 155 Å². The Hall–Kier alpha value is -7.22. The van der Waals surface area contributed by atoms with Crippen molar-refractivity contribution in [3.63, 3.8) is 0 Å². The fourth-order valence-electron chi connectivity index (χ4n) is 14.6. The van der Waals surface area contributed by atoms with E-state index in [1.165, 1.54) is 138 Å². The molecule has 0 saturated heterocycles. The third-order valence-electron chi connectivity index (χ3n) is 18.0. The van der Waals surface area contributed by atoms with Crippen LogP contribution in [0.1, 0.15) is 166 Å². The second-order valence-electron chi connectivity index (χ2n) is 24.7. The van der Waals surface area contributed by atoms with Crippen molar-refractivity contribution >= 4 is 76.2 Å². The molecule has 7 aromatic carbocycles. The molecule has 2 aliphatic rings. The van der Waals surface area contributed by atoms with E-state index in [9.17, 15) is 5.26 Å². The summed E-state index contributed by atoms with van der Waals surface area (Å²) in [5.74, 6) is 0.0212. The van der Waals surface area contributed by atoms with Crippen LogP contribution in [-0.2, 0) is 21.7 Å². The SMILES string of the molecule is Cc1c2c3cc(C(C)(C)C)cc4c5c6c(c(C#N)cc5n(c2c(C)c2c5cc(C(C)(C)C)cc7c8c9c(ncc8n(c12)c75)C(C)(C)c1ccccc1C9(C)C)c43)C(C)c1ccccc1C6c1ccccc1. The number of benzene rings is 7. The van der Waals surface area contributed by atoms with Gasteiger partial charge in [0.05, 0.1) is 56.6 Å². The minimum Gasteiger partial charge on any atom is -0.308 e. The summed E-state index contributed by atoms with van der Waals surface area (Å²) in [7, 11) is 0. The molecule has 12 aromatic rings. The first kappa shape index (κ1) is 42.6. The van der Waals surface area contributed by atoms with Crippen molar-refractivity contribution in [2.45, 2.75) is 124 Å². The number of rotatable bonds is 1. The van der Waals surface area contributed by atoms with Gasteiger partial charge in [-0.25, -0.2) is 0 Å². The molecule has 4 heteroatoms. The lowest BCUT2D eigenvalue weighted by Gasteiger charge is -2.43. The molecule has 5 heterocycles. The number of nitrogens with zero attached hydrogens (tertiary/aromatic N) is 4. The van der Waals surface area contributed by atoms with Gasteiger partial charge >= 0.3 is 0 Å². The van der Waals surface area contributed by atoms with Crippen LogP contribution >= 0.6 is 0 Å². The highest BCUT2D eigenvalue weighted by Gasteiger charge is 2.45. The first-order valence-corrected chi connectivity index (χ1v) is 25.8. The fourth-order valence-corrected chi connectivity index (χ4v) is 14.6. The number of fused-ring (bicyclic) bond motifs is 18. The maximum absolute atomic E-state index is 11.4. The average molecular weight is 921 g/mol. The van der Waals surface area contributed by atoms with Crippen molar-refractivity contribution in [1.29, 1.82) is 5.26 Å². The monoisotopic (exact) mass is 920 g/mol. The molecular weight excluding hydrogens is 861 g/mol. The summed E-state index contributed by atoms with van der Waals surface area (Å²) in [6.45, 7) is 30.8. The van der Waals surface area contributed by atoms with E-state index >= 15 is 0 Å². The molecule has 2 unspecified atom stereocenters. The van der Waals surface area contributed by atoms with Crippen LogP contribution in [0.25, 0.3) is 76.2 Å². The minimum atomic E-state index is -0.277. The lowest BCUT2D eigenvalue weighted by atomic mass is 9.61. The largest absolute Gasteiger partial charge is 0.308 e. The van der Waals surface area contributed by atoms with Crippen molar-refractivity contribution in [3.8, 4) is 6.07 Å². The molecule has 2 atom stereocenters. The molecule has 71 heavy (non-hydrogen) atoms. The molecule has 2 aliphatic carbocycles. The standard InChI is InChI=1S/C67H60N4/c1-34-41-23-17-18-24-42(41)54(37-21-15-14-16-22-37)57-51(34)38(32-68)27-49-55(57)45-30-39(64(4,5)6)28-43-52-36(3)60-53(35(2)59(52)70(49)61(43)45)44-29-40(65(7,8)9)31-46-56-50(71(60)62(44)46)33-69-63-58(56)66(10,11)47-25-19-20-26-48(47)67(63,12)13/h14-31,33-34,54H,1-13H3. The van der Waals surface area contributed by atoms with E-state index in [0.29, 0.717) is 0 Å². The van der Waals surface area contributed by atoms with Crippen LogP contribution in [0.15, 0.2) is 115 Å². The third kappa shape index (κ3) is 5.07. The summed E-state index contributed by atoms with van der Waals surface area (Å²) in [4.78, 5) is 5.57. The van der Waals surface area contributed by atoms with E-state index in [-0.39, 0.29) is 33.5 Å². The zero-order chi connectivity index (χ0) is 49.3. The highest BCUT2D eigenvalue weighted by Crippen LogP contribution is 2.57. The predicted molar refractivity (Wildman–Crippen MR) is 297 cm³/mol. The Morgan fingerprint density at radius 3 is 1.61 bits per heavy atom. The van der Waals surface area contributed by atoms with Crippen LogP contribution in [0, 0.1) is 25.2 Å². The van der Waals surface area contributed by atoms with Gasteiger partial charge < -0.3 is 8.80 Å². The molecule has 348 valence electrons. The molecule has 0 N–H and O–H groups in total. The van der Waals surface area contributed by atoms with Crippen molar-refractivity contribution in [3.05, 3.63) is 193 Å².